The Balaban J connectivity index is 1.80. The van der Waals surface area contributed by atoms with Gasteiger partial charge in [-0.05, 0) is 55.0 Å². The van der Waals surface area contributed by atoms with E-state index in [1.165, 1.54) is 0 Å². The molecule has 0 unspecified atom stereocenters. The molecule has 2 rings (SSSR count). The fourth-order valence-corrected chi connectivity index (χ4v) is 1.84. The molecule has 0 radical (unpaired) electrons. The zero-order chi connectivity index (χ0) is 15.1. The molecule has 0 bridgehead atoms. The van der Waals surface area contributed by atoms with Crippen LogP contribution in [0.4, 0.5) is 11.4 Å². The molecule has 0 aliphatic carbocycles. The molecule has 2 aromatic carbocycles. The lowest BCUT2D eigenvalue weighted by Crippen LogP contribution is -2.19. The van der Waals surface area contributed by atoms with E-state index in [9.17, 15) is 0 Å². The Morgan fingerprint density at radius 3 is 1.48 bits per heavy atom. The van der Waals surface area contributed by atoms with Crippen LogP contribution in [0.15, 0.2) is 48.5 Å². The second-order valence-corrected chi connectivity index (χ2v) is 5.03. The largest absolute Gasteiger partial charge is 0.493 e. The Morgan fingerprint density at radius 1 is 0.762 bits per heavy atom. The first-order valence-electron chi connectivity index (χ1n) is 7.14. The third kappa shape index (κ3) is 4.91. The molecular formula is C17H22N2O2. The highest BCUT2D eigenvalue weighted by Crippen LogP contribution is 2.17. The SMILES string of the molecule is CCC(COc1ccc(N)cc1)COc1ccc(N)cc1. The summed E-state index contributed by atoms with van der Waals surface area (Å²) in [6.07, 6.45) is 0.990. The smallest absolute Gasteiger partial charge is 0.119 e. The Labute approximate surface area is 125 Å². The van der Waals surface area contributed by atoms with Gasteiger partial charge in [0.15, 0.2) is 0 Å². The summed E-state index contributed by atoms with van der Waals surface area (Å²) in [4.78, 5) is 0. The van der Waals surface area contributed by atoms with Crippen molar-refractivity contribution in [2.24, 2.45) is 5.92 Å². The van der Waals surface area contributed by atoms with Crippen LogP contribution in [0.1, 0.15) is 13.3 Å². The zero-order valence-electron chi connectivity index (χ0n) is 12.3. The number of anilines is 2. The molecule has 0 atom stereocenters. The molecule has 21 heavy (non-hydrogen) atoms. The molecule has 0 heterocycles. The number of ether oxygens (including phenoxy) is 2. The van der Waals surface area contributed by atoms with Gasteiger partial charge in [-0.25, -0.2) is 0 Å². The van der Waals surface area contributed by atoms with Crippen LogP contribution in [0.25, 0.3) is 0 Å². The lowest BCUT2D eigenvalue weighted by molar-refractivity contribution is 0.173. The molecule has 4 nitrogen and oxygen atoms in total. The summed E-state index contributed by atoms with van der Waals surface area (Å²) < 4.78 is 11.5. The summed E-state index contributed by atoms with van der Waals surface area (Å²) in [6.45, 7) is 3.37. The first kappa shape index (κ1) is 15.0. The van der Waals surface area contributed by atoms with Gasteiger partial charge in [-0.2, -0.15) is 0 Å². The second-order valence-electron chi connectivity index (χ2n) is 5.03. The number of hydrogen-bond donors (Lipinski definition) is 2. The lowest BCUT2D eigenvalue weighted by Gasteiger charge is -2.17. The van der Waals surface area contributed by atoms with Crippen LogP contribution in [0.3, 0.4) is 0 Å². The minimum absolute atomic E-state index is 0.333. The molecule has 112 valence electrons. The van der Waals surface area contributed by atoms with Gasteiger partial charge in [0.25, 0.3) is 0 Å². The molecule has 0 spiro atoms. The van der Waals surface area contributed by atoms with E-state index in [0.29, 0.717) is 19.1 Å². The summed E-state index contributed by atoms with van der Waals surface area (Å²) >= 11 is 0. The molecule has 0 fully saturated rings. The van der Waals surface area contributed by atoms with E-state index in [2.05, 4.69) is 6.92 Å². The maximum atomic E-state index is 5.77. The van der Waals surface area contributed by atoms with Gasteiger partial charge in [0, 0.05) is 17.3 Å². The molecule has 2 aromatic rings. The monoisotopic (exact) mass is 286 g/mol. The van der Waals surface area contributed by atoms with Crippen molar-refractivity contribution in [3.8, 4) is 11.5 Å². The normalized spacial score (nSPS) is 10.6. The number of benzene rings is 2. The van der Waals surface area contributed by atoms with Crippen LogP contribution < -0.4 is 20.9 Å². The minimum Gasteiger partial charge on any atom is -0.493 e. The Bertz CT molecular complexity index is 488. The number of rotatable bonds is 7. The first-order chi connectivity index (χ1) is 10.2. The highest BCUT2D eigenvalue weighted by molar-refractivity contribution is 5.42. The van der Waals surface area contributed by atoms with Gasteiger partial charge in [0.2, 0.25) is 0 Å². The van der Waals surface area contributed by atoms with Gasteiger partial charge >= 0.3 is 0 Å². The fourth-order valence-electron chi connectivity index (χ4n) is 1.84. The molecule has 0 aliphatic rings. The van der Waals surface area contributed by atoms with Crippen molar-refractivity contribution in [2.45, 2.75) is 13.3 Å². The van der Waals surface area contributed by atoms with Gasteiger partial charge in [-0.15, -0.1) is 0 Å². The van der Waals surface area contributed by atoms with Gasteiger partial charge in [0.05, 0.1) is 13.2 Å². The van der Waals surface area contributed by atoms with Gasteiger partial charge in [0.1, 0.15) is 11.5 Å². The zero-order valence-corrected chi connectivity index (χ0v) is 12.3. The fraction of sp³-hybridized carbons (Fsp3) is 0.294. The maximum Gasteiger partial charge on any atom is 0.119 e. The van der Waals surface area contributed by atoms with Gasteiger partial charge < -0.3 is 20.9 Å². The lowest BCUT2D eigenvalue weighted by atomic mass is 10.1. The van der Waals surface area contributed by atoms with E-state index in [4.69, 9.17) is 20.9 Å². The number of hydrogen-bond acceptors (Lipinski definition) is 4. The van der Waals surface area contributed by atoms with E-state index in [1.54, 1.807) is 0 Å². The van der Waals surface area contributed by atoms with Gasteiger partial charge in [-0.3, -0.25) is 0 Å². The number of nitrogen functional groups attached to an aromatic ring is 2. The van der Waals surface area contributed by atoms with Crippen molar-refractivity contribution in [1.82, 2.24) is 0 Å². The van der Waals surface area contributed by atoms with Crippen molar-refractivity contribution in [3.05, 3.63) is 48.5 Å². The molecule has 0 saturated heterocycles. The minimum atomic E-state index is 0.333. The second kappa shape index (κ2) is 7.43. The topological polar surface area (TPSA) is 70.5 Å². The van der Waals surface area contributed by atoms with Crippen LogP contribution in [-0.4, -0.2) is 13.2 Å². The molecule has 0 aliphatic heterocycles. The van der Waals surface area contributed by atoms with Crippen molar-refractivity contribution < 1.29 is 9.47 Å². The Hall–Kier alpha value is -2.36. The van der Waals surface area contributed by atoms with E-state index in [0.717, 1.165) is 29.3 Å². The molecule has 0 amide bonds. The summed E-state index contributed by atoms with van der Waals surface area (Å²) in [6, 6.07) is 14.8. The van der Waals surface area contributed by atoms with Gasteiger partial charge in [-0.1, -0.05) is 6.92 Å². The summed E-state index contributed by atoms with van der Waals surface area (Å²) in [5.74, 6) is 1.99. The average Bonchev–Trinajstić information content (AvgIpc) is 2.51. The van der Waals surface area contributed by atoms with Crippen LogP contribution in [-0.2, 0) is 0 Å². The van der Waals surface area contributed by atoms with Crippen molar-refractivity contribution in [2.75, 3.05) is 24.7 Å². The highest BCUT2D eigenvalue weighted by Gasteiger charge is 2.09. The van der Waals surface area contributed by atoms with Crippen LogP contribution >= 0.6 is 0 Å². The van der Waals surface area contributed by atoms with Crippen molar-refractivity contribution >= 4 is 11.4 Å². The van der Waals surface area contributed by atoms with Crippen molar-refractivity contribution in [3.63, 3.8) is 0 Å². The Kier molecular flexibility index (Phi) is 5.32. The predicted molar refractivity (Wildman–Crippen MR) is 86.5 cm³/mol. The summed E-state index contributed by atoms with van der Waals surface area (Å²) in [5, 5.41) is 0. The van der Waals surface area contributed by atoms with Crippen LogP contribution in [0.2, 0.25) is 0 Å². The standard InChI is InChI=1S/C17H22N2O2/c1-2-13(11-20-16-7-3-14(18)4-8-16)12-21-17-9-5-15(19)6-10-17/h3-10,13H,2,11-12,18-19H2,1H3. The maximum absolute atomic E-state index is 5.77. The van der Waals surface area contributed by atoms with E-state index < -0.39 is 0 Å². The van der Waals surface area contributed by atoms with E-state index in [-0.39, 0.29) is 0 Å². The third-order valence-corrected chi connectivity index (χ3v) is 3.31. The quantitative estimate of drug-likeness (QED) is 0.766. The average molecular weight is 286 g/mol. The molecule has 4 N–H and O–H groups in total. The van der Waals surface area contributed by atoms with Crippen LogP contribution in [0, 0.1) is 5.92 Å². The van der Waals surface area contributed by atoms with Crippen molar-refractivity contribution in [1.29, 1.82) is 0 Å². The summed E-state index contributed by atoms with van der Waals surface area (Å²) in [7, 11) is 0. The third-order valence-electron chi connectivity index (χ3n) is 3.31. The first-order valence-corrected chi connectivity index (χ1v) is 7.14. The molecular weight excluding hydrogens is 264 g/mol. The predicted octanol–water partition coefficient (Wildman–Crippen LogP) is 3.34. The van der Waals surface area contributed by atoms with Crippen LogP contribution in [0.5, 0.6) is 11.5 Å². The highest BCUT2D eigenvalue weighted by atomic mass is 16.5. The Morgan fingerprint density at radius 2 is 1.14 bits per heavy atom. The number of nitrogens with two attached hydrogens (primary N) is 2. The summed E-state index contributed by atoms with van der Waals surface area (Å²) in [5.41, 5.74) is 12.8. The molecule has 4 heteroatoms. The van der Waals surface area contributed by atoms with E-state index in [1.807, 2.05) is 48.5 Å². The van der Waals surface area contributed by atoms with E-state index >= 15 is 0 Å². The molecule has 0 aromatic heterocycles. The molecule has 0 saturated carbocycles.